The van der Waals surface area contributed by atoms with Crippen molar-refractivity contribution in [3.05, 3.63) is 59.2 Å². The molecule has 0 saturated heterocycles. The standard InChI is InChI=1S/C16H14F2N2O/c17-13-7-6-11(9-14(13)18)20-16(21)12-5-1-3-10-4-2-8-19-15(10)12/h1,3,5-7,9,19H,2,4,8H2,(H,20,21). The van der Waals surface area contributed by atoms with Gasteiger partial charge in [-0.05, 0) is 36.6 Å². The highest BCUT2D eigenvalue weighted by molar-refractivity contribution is 6.08. The topological polar surface area (TPSA) is 41.1 Å². The summed E-state index contributed by atoms with van der Waals surface area (Å²) in [6.45, 7) is 0.822. The van der Waals surface area contributed by atoms with Crippen molar-refractivity contribution in [2.45, 2.75) is 12.8 Å². The Hall–Kier alpha value is -2.43. The first-order chi connectivity index (χ1) is 10.1. The number of hydrogen-bond donors (Lipinski definition) is 2. The van der Waals surface area contributed by atoms with Crippen LogP contribution in [0.2, 0.25) is 0 Å². The van der Waals surface area contributed by atoms with Crippen LogP contribution < -0.4 is 10.6 Å². The molecule has 1 aliphatic heterocycles. The van der Waals surface area contributed by atoms with Gasteiger partial charge in [0, 0.05) is 18.3 Å². The molecule has 2 aromatic carbocycles. The maximum atomic E-state index is 13.2. The van der Waals surface area contributed by atoms with E-state index in [9.17, 15) is 13.6 Å². The van der Waals surface area contributed by atoms with Crippen LogP contribution in [0.3, 0.4) is 0 Å². The van der Waals surface area contributed by atoms with Crippen molar-refractivity contribution in [2.75, 3.05) is 17.2 Å². The maximum Gasteiger partial charge on any atom is 0.257 e. The number of amides is 1. The molecule has 0 aliphatic carbocycles. The summed E-state index contributed by atoms with van der Waals surface area (Å²) >= 11 is 0. The highest BCUT2D eigenvalue weighted by atomic mass is 19.2. The maximum absolute atomic E-state index is 13.2. The van der Waals surface area contributed by atoms with Crippen LogP contribution in [-0.2, 0) is 6.42 Å². The van der Waals surface area contributed by atoms with Gasteiger partial charge in [-0.3, -0.25) is 4.79 Å². The average Bonchev–Trinajstić information content (AvgIpc) is 2.50. The summed E-state index contributed by atoms with van der Waals surface area (Å²) in [4.78, 5) is 12.3. The number of halogens is 2. The Morgan fingerprint density at radius 1 is 1.14 bits per heavy atom. The molecule has 2 N–H and O–H groups in total. The number of benzene rings is 2. The Morgan fingerprint density at radius 2 is 2.00 bits per heavy atom. The Morgan fingerprint density at radius 3 is 2.81 bits per heavy atom. The zero-order valence-corrected chi connectivity index (χ0v) is 11.2. The fraction of sp³-hybridized carbons (Fsp3) is 0.188. The van der Waals surface area contributed by atoms with Gasteiger partial charge in [0.15, 0.2) is 11.6 Å². The van der Waals surface area contributed by atoms with Gasteiger partial charge >= 0.3 is 0 Å². The fourth-order valence-corrected chi connectivity index (χ4v) is 2.47. The van der Waals surface area contributed by atoms with E-state index in [0.29, 0.717) is 5.56 Å². The zero-order chi connectivity index (χ0) is 14.8. The molecule has 0 spiro atoms. The molecule has 0 saturated carbocycles. The number of aryl methyl sites for hydroxylation is 1. The number of carbonyl (C=O) groups excluding carboxylic acids is 1. The fourth-order valence-electron chi connectivity index (χ4n) is 2.47. The van der Waals surface area contributed by atoms with Gasteiger partial charge in [-0.1, -0.05) is 12.1 Å². The van der Waals surface area contributed by atoms with E-state index in [1.165, 1.54) is 6.07 Å². The highest BCUT2D eigenvalue weighted by Crippen LogP contribution is 2.26. The lowest BCUT2D eigenvalue weighted by atomic mass is 9.99. The molecule has 108 valence electrons. The third kappa shape index (κ3) is 2.72. The van der Waals surface area contributed by atoms with Crippen LogP contribution in [0.5, 0.6) is 0 Å². The van der Waals surface area contributed by atoms with Crippen molar-refractivity contribution in [1.82, 2.24) is 0 Å². The summed E-state index contributed by atoms with van der Waals surface area (Å²) in [6, 6.07) is 8.81. The molecule has 0 bridgehead atoms. The number of fused-ring (bicyclic) bond motifs is 1. The predicted molar refractivity (Wildman–Crippen MR) is 77.6 cm³/mol. The second-order valence-corrected chi connectivity index (χ2v) is 4.95. The molecule has 1 heterocycles. The van der Waals surface area contributed by atoms with Crippen molar-refractivity contribution < 1.29 is 13.6 Å². The van der Waals surface area contributed by atoms with E-state index in [0.717, 1.165) is 42.8 Å². The Labute approximate surface area is 121 Å². The molecule has 0 unspecified atom stereocenters. The van der Waals surface area contributed by atoms with Gasteiger partial charge in [-0.2, -0.15) is 0 Å². The zero-order valence-electron chi connectivity index (χ0n) is 11.2. The highest BCUT2D eigenvalue weighted by Gasteiger charge is 2.17. The van der Waals surface area contributed by atoms with E-state index >= 15 is 0 Å². The van der Waals surface area contributed by atoms with Crippen molar-refractivity contribution in [2.24, 2.45) is 0 Å². The Kier molecular flexibility index (Phi) is 3.56. The van der Waals surface area contributed by atoms with Crippen molar-refractivity contribution in [3.8, 4) is 0 Å². The molecule has 0 aromatic heterocycles. The predicted octanol–water partition coefficient (Wildman–Crippen LogP) is 3.58. The summed E-state index contributed by atoms with van der Waals surface area (Å²) in [6.07, 6.45) is 1.95. The summed E-state index contributed by atoms with van der Waals surface area (Å²) in [5, 5.41) is 5.81. The van der Waals surface area contributed by atoms with Crippen LogP contribution in [0.25, 0.3) is 0 Å². The van der Waals surface area contributed by atoms with Gasteiger partial charge in [0.1, 0.15) is 0 Å². The SMILES string of the molecule is O=C(Nc1ccc(F)c(F)c1)c1cccc2c1NCCC2. The van der Waals surface area contributed by atoms with Crippen LogP contribution in [-0.4, -0.2) is 12.5 Å². The molecule has 0 fully saturated rings. The lowest BCUT2D eigenvalue weighted by Crippen LogP contribution is -2.19. The number of rotatable bonds is 2. The number of carbonyl (C=O) groups is 1. The monoisotopic (exact) mass is 288 g/mol. The average molecular weight is 288 g/mol. The molecule has 21 heavy (non-hydrogen) atoms. The number of anilines is 2. The second kappa shape index (κ2) is 5.52. The first-order valence-corrected chi connectivity index (χ1v) is 6.77. The normalized spacial score (nSPS) is 13.2. The third-order valence-electron chi connectivity index (χ3n) is 3.50. The molecule has 1 amide bonds. The van der Waals surface area contributed by atoms with Gasteiger partial charge < -0.3 is 10.6 Å². The Bertz CT molecular complexity index is 701. The second-order valence-electron chi connectivity index (χ2n) is 4.95. The number of para-hydroxylation sites is 1. The van der Waals surface area contributed by atoms with Crippen LogP contribution in [0.4, 0.5) is 20.2 Å². The Balaban J connectivity index is 1.87. The van der Waals surface area contributed by atoms with E-state index < -0.39 is 11.6 Å². The molecule has 0 atom stereocenters. The summed E-state index contributed by atoms with van der Waals surface area (Å²) < 4.78 is 26.1. The largest absolute Gasteiger partial charge is 0.384 e. The van der Waals surface area contributed by atoms with Crippen molar-refractivity contribution >= 4 is 17.3 Å². The third-order valence-corrected chi connectivity index (χ3v) is 3.50. The van der Waals surface area contributed by atoms with Gasteiger partial charge in [-0.15, -0.1) is 0 Å². The molecular weight excluding hydrogens is 274 g/mol. The summed E-state index contributed by atoms with van der Waals surface area (Å²) in [7, 11) is 0. The van der Waals surface area contributed by atoms with Crippen LogP contribution in [0, 0.1) is 11.6 Å². The quantitative estimate of drug-likeness (QED) is 0.887. The van der Waals surface area contributed by atoms with E-state index in [-0.39, 0.29) is 11.6 Å². The summed E-state index contributed by atoms with van der Waals surface area (Å²) in [5.41, 5.74) is 2.66. The van der Waals surface area contributed by atoms with Crippen molar-refractivity contribution in [1.29, 1.82) is 0 Å². The van der Waals surface area contributed by atoms with Gasteiger partial charge in [0.25, 0.3) is 5.91 Å². The smallest absolute Gasteiger partial charge is 0.257 e. The molecule has 3 rings (SSSR count). The van der Waals surface area contributed by atoms with E-state index in [1.807, 2.05) is 12.1 Å². The van der Waals surface area contributed by atoms with Crippen molar-refractivity contribution in [3.63, 3.8) is 0 Å². The van der Waals surface area contributed by atoms with Crippen LogP contribution in [0.1, 0.15) is 22.3 Å². The minimum Gasteiger partial charge on any atom is -0.384 e. The minimum absolute atomic E-state index is 0.229. The van der Waals surface area contributed by atoms with E-state index in [4.69, 9.17) is 0 Å². The molecule has 0 radical (unpaired) electrons. The van der Waals surface area contributed by atoms with E-state index in [1.54, 1.807) is 6.07 Å². The molecule has 2 aromatic rings. The lowest BCUT2D eigenvalue weighted by Gasteiger charge is -2.20. The first kappa shape index (κ1) is 13.5. The van der Waals surface area contributed by atoms with Crippen LogP contribution >= 0.6 is 0 Å². The molecular formula is C16H14F2N2O. The van der Waals surface area contributed by atoms with Crippen LogP contribution in [0.15, 0.2) is 36.4 Å². The number of hydrogen-bond acceptors (Lipinski definition) is 2. The van der Waals surface area contributed by atoms with Gasteiger partial charge in [0.2, 0.25) is 0 Å². The molecule has 1 aliphatic rings. The summed E-state index contributed by atoms with van der Waals surface area (Å²) in [5.74, 6) is -2.26. The van der Waals surface area contributed by atoms with Gasteiger partial charge in [0.05, 0.1) is 11.3 Å². The first-order valence-electron chi connectivity index (χ1n) is 6.77. The van der Waals surface area contributed by atoms with E-state index in [2.05, 4.69) is 10.6 Å². The van der Waals surface area contributed by atoms with Gasteiger partial charge in [-0.25, -0.2) is 8.78 Å². The minimum atomic E-state index is -0.985. The number of nitrogens with one attached hydrogen (secondary N) is 2. The lowest BCUT2D eigenvalue weighted by molar-refractivity contribution is 0.102. The molecule has 5 heteroatoms. The molecule has 3 nitrogen and oxygen atoms in total.